The highest BCUT2D eigenvalue weighted by molar-refractivity contribution is 5.72. The molecule has 0 rings (SSSR count). The van der Waals surface area contributed by atoms with Gasteiger partial charge in [-0.3, -0.25) is 9.59 Å². The first-order valence-corrected chi connectivity index (χ1v) is 22.8. The average molecular weight is 740 g/mol. The summed E-state index contributed by atoms with van der Waals surface area (Å²) in [7, 11) is 0. The van der Waals surface area contributed by atoms with Crippen molar-refractivity contribution >= 4 is 11.9 Å². The first-order valence-electron chi connectivity index (χ1n) is 22.8. The molecule has 7 nitrogen and oxygen atoms in total. The van der Waals surface area contributed by atoms with Gasteiger partial charge in [-0.25, -0.2) is 0 Å². The number of esters is 2. The largest absolute Gasteiger partial charge is 0.465 e. The smallest absolute Gasteiger partial charge is 0.311 e. The summed E-state index contributed by atoms with van der Waals surface area (Å²) in [6, 6.07) is 0. The molecule has 0 saturated carbocycles. The van der Waals surface area contributed by atoms with Crippen LogP contribution in [0.5, 0.6) is 0 Å². The third kappa shape index (κ3) is 34.6. The highest BCUT2D eigenvalue weighted by Gasteiger charge is 2.18. The summed E-state index contributed by atoms with van der Waals surface area (Å²) in [6.07, 6.45) is 34.5. The maximum atomic E-state index is 12.7. The fourth-order valence-electron chi connectivity index (χ4n) is 6.89. The van der Waals surface area contributed by atoms with Crippen LogP contribution in [0.1, 0.15) is 220 Å². The molecule has 7 heteroatoms. The van der Waals surface area contributed by atoms with E-state index in [0.717, 1.165) is 96.7 Å². The van der Waals surface area contributed by atoms with Crippen LogP contribution in [0.15, 0.2) is 0 Å². The molecule has 0 aromatic carbocycles. The molecule has 1 unspecified atom stereocenters. The SMILES string of the molecule is CCCCCCCCOCC(CC)C(=O)OCCCCCN(CCO)CCCCCCCC(=O)OC(CCCCCCCC)CCCCCCCC. The van der Waals surface area contributed by atoms with Crippen LogP contribution in [0.25, 0.3) is 0 Å². The molecule has 0 aromatic heterocycles. The molecule has 0 fully saturated rings. The molecule has 0 saturated heterocycles. The Morgan fingerprint density at radius 2 is 1.00 bits per heavy atom. The summed E-state index contributed by atoms with van der Waals surface area (Å²) in [4.78, 5) is 27.6. The second kappa shape index (κ2) is 41.0. The lowest BCUT2D eigenvalue weighted by atomic mass is 10.0. The number of aliphatic hydroxyl groups excluding tert-OH is 1. The van der Waals surface area contributed by atoms with E-state index >= 15 is 0 Å². The van der Waals surface area contributed by atoms with Gasteiger partial charge in [0.25, 0.3) is 0 Å². The molecule has 1 N–H and O–H groups in total. The summed E-state index contributed by atoms with van der Waals surface area (Å²) in [5.41, 5.74) is 0. The highest BCUT2D eigenvalue weighted by atomic mass is 16.5. The second-order valence-corrected chi connectivity index (χ2v) is 15.5. The molecule has 52 heavy (non-hydrogen) atoms. The minimum atomic E-state index is -0.166. The molecule has 0 heterocycles. The molecular formula is C45H89NO6. The van der Waals surface area contributed by atoms with Gasteiger partial charge in [-0.15, -0.1) is 0 Å². The van der Waals surface area contributed by atoms with Crippen molar-refractivity contribution in [2.24, 2.45) is 5.92 Å². The Morgan fingerprint density at radius 1 is 0.538 bits per heavy atom. The Bertz CT molecular complexity index is 733. The van der Waals surface area contributed by atoms with Crippen LogP contribution < -0.4 is 0 Å². The van der Waals surface area contributed by atoms with Gasteiger partial charge in [-0.2, -0.15) is 0 Å². The van der Waals surface area contributed by atoms with Crippen LogP contribution >= 0.6 is 0 Å². The van der Waals surface area contributed by atoms with Gasteiger partial charge >= 0.3 is 11.9 Å². The zero-order valence-corrected chi connectivity index (χ0v) is 35.3. The lowest BCUT2D eigenvalue weighted by Gasteiger charge is -2.21. The van der Waals surface area contributed by atoms with Crippen LogP contribution in [0.2, 0.25) is 0 Å². The zero-order valence-electron chi connectivity index (χ0n) is 35.3. The zero-order chi connectivity index (χ0) is 38.2. The summed E-state index contributed by atoms with van der Waals surface area (Å²) < 4.78 is 17.4. The summed E-state index contributed by atoms with van der Waals surface area (Å²) in [5, 5.41) is 9.57. The average Bonchev–Trinajstić information content (AvgIpc) is 3.14. The number of rotatable bonds is 42. The van der Waals surface area contributed by atoms with E-state index in [1.54, 1.807) is 0 Å². The van der Waals surface area contributed by atoms with Gasteiger partial charge in [0.1, 0.15) is 6.10 Å². The molecule has 0 aliphatic rings. The highest BCUT2D eigenvalue weighted by Crippen LogP contribution is 2.18. The van der Waals surface area contributed by atoms with Crippen molar-refractivity contribution in [3.05, 3.63) is 0 Å². The minimum absolute atomic E-state index is 0.00357. The predicted molar refractivity (Wildman–Crippen MR) is 220 cm³/mol. The van der Waals surface area contributed by atoms with Crippen molar-refractivity contribution in [2.75, 3.05) is 46.1 Å². The number of aliphatic hydroxyl groups is 1. The topological polar surface area (TPSA) is 85.3 Å². The fourth-order valence-corrected chi connectivity index (χ4v) is 6.89. The Kier molecular flexibility index (Phi) is 40.1. The lowest BCUT2D eigenvalue weighted by Crippen LogP contribution is -2.29. The van der Waals surface area contributed by atoms with E-state index in [1.807, 2.05) is 6.92 Å². The van der Waals surface area contributed by atoms with Gasteiger partial charge in [0.05, 0.1) is 25.7 Å². The lowest BCUT2D eigenvalue weighted by molar-refractivity contribution is -0.151. The van der Waals surface area contributed by atoms with Crippen molar-refractivity contribution in [1.29, 1.82) is 0 Å². The Balaban J connectivity index is 4.08. The van der Waals surface area contributed by atoms with Crippen molar-refractivity contribution in [2.45, 2.75) is 226 Å². The van der Waals surface area contributed by atoms with Crippen LogP contribution in [-0.2, 0) is 23.8 Å². The molecular weight excluding hydrogens is 650 g/mol. The number of ether oxygens (including phenoxy) is 3. The molecule has 1 atom stereocenters. The standard InChI is InChI=1S/C45H89NO6/c1-5-9-12-15-19-25-32-43(33-26-20-16-13-10-6-2)52-44(48)34-27-21-18-22-28-35-46(37-38-47)36-29-24-31-40-51-45(49)42(8-4)41-50-39-30-23-17-14-11-7-3/h42-43,47H,5-41H2,1-4H3. The van der Waals surface area contributed by atoms with Gasteiger partial charge in [0, 0.05) is 19.6 Å². The van der Waals surface area contributed by atoms with Crippen LogP contribution in [0.3, 0.4) is 0 Å². The van der Waals surface area contributed by atoms with E-state index in [4.69, 9.17) is 14.2 Å². The molecule has 0 amide bonds. The first-order chi connectivity index (χ1) is 25.5. The van der Waals surface area contributed by atoms with E-state index in [0.29, 0.717) is 26.2 Å². The fraction of sp³-hybridized carbons (Fsp3) is 0.956. The van der Waals surface area contributed by atoms with Crippen LogP contribution in [0, 0.1) is 5.92 Å². The third-order valence-corrected chi connectivity index (χ3v) is 10.5. The van der Waals surface area contributed by atoms with Crippen LogP contribution in [0.4, 0.5) is 0 Å². The first kappa shape index (κ1) is 50.8. The molecule has 0 spiro atoms. The Labute approximate surface area is 323 Å². The summed E-state index contributed by atoms with van der Waals surface area (Å²) >= 11 is 0. The quantitative estimate of drug-likeness (QED) is 0.0493. The van der Waals surface area contributed by atoms with Gasteiger partial charge in [-0.05, 0) is 83.7 Å². The van der Waals surface area contributed by atoms with E-state index in [-0.39, 0.29) is 30.6 Å². The van der Waals surface area contributed by atoms with Gasteiger partial charge in [-0.1, -0.05) is 143 Å². The number of hydrogen-bond donors (Lipinski definition) is 1. The summed E-state index contributed by atoms with van der Waals surface area (Å²) in [5.74, 6) is -0.287. The van der Waals surface area contributed by atoms with E-state index in [2.05, 4.69) is 25.7 Å². The number of unbranched alkanes of at least 4 members (excludes halogenated alkanes) is 21. The van der Waals surface area contributed by atoms with E-state index in [1.165, 1.54) is 109 Å². The van der Waals surface area contributed by atoms with E-state index in [9.17, 15) is 14.7 Å². The van der Waals surface area contributed by atoms with Gasteiger partial charge in [0.2, 0.25) is 0 Å². The van der Waals surface area contributed by atoms with E-state index < -0.39 is 0 Å². The van der Waals surface area contributed by atoms with Gasteiger partial charge < -0.3 is 24.2 Å². The molecule has 0 aliphatic heterocycles. The Morgan fingerprint density at radius 3 is 1.54 bits per heavy atom. The third-order valence-electron chi connectivity index (χ3n) is 10.5. The predicted octanol–water partition coefficient (Wildman–Crippen LogP) is 12.2. The van der Waals surface area contributed by atoms with Crippen molar-refractivity contribution in [1.82, 2.24) is 4.90 Å². The number of carbonyl (C=O) groups is 2. The number of carbonyl (C=O) groups excluding carboxylic acids is 2. The normalized spacial score (nSPS) is 12.2. The monoisotopic (exact) mass is 740 g/mol. The van der Waals surface area contributed by atoms with Crippen molar-refractivity contribution in [3.63, 3.8) is 0 Å². The van der Waals surface area contributed by atoms with Crippen molar-refractivity contribution in [3.8, 4) is 0 Å². The molecule has 0 radical (unpaired) electrons. The molecule has 0 bridgehead atoms. The molecule has 310 valence electrons. The van der Waals surface area contributed by atoms with Crippen molar-refractivity contribution < 1.29 is 28.9 Å². The number of hydrogen-bond acceptors (Lipinski definition) is 7. The van der Waals surface area contributed by atoms with Crippen LogP contribution in [-0.4, -0.2) is 74.1 Å². The maximum Gasteiger partial charge on any atom is 0.311 e. The Hall–Kier alpha value is -1.18. The van der Waals surface area contributed by atoms with Gasteiger partial charge in [0.15, 0.2) is 0 Å². The molecule has 0 aromatic rings. The second-order valence-electron chi connectivity index (χ2n) is 15.5. The number of nitrogens with zero attached hydrogens (tertiary/aromatic N) is 1. The minimum Gasteiger partial charge on any atom is -0.465 e. The maximum absolute atomic E-state index is 12.7. The summed E-state index contributed by atoms with van der Waals surface area (Å²) in [6.45, 7) is 13.3. The molecule has 0 aliphatic carbocycles.